The summed E-state index contributed by atoms with van der Waals surface area (Å²) in [5.74, 6) is 1.86. The van der Waals surface area contributed by atoms with Crippen molar-refractivity contribution in [3.63, 3.8) is 0 Å². The lowest BCUT2D eigenvalue weighted by Gasteiger charge is -2.33. The van der Waals surface area contributed by atoms with E-state index in [1.165, 1.54) is 4.90 Å². The van der Waals surface area contributed by atoms with Gasteiger partial charge >= 0.3 is 0 Å². The number of amides is 2. The molecule has 1 atom stereocenters. The smallest absolute Gasteiger partial charge is 0.242 e. The fraction of sp³-hybridized carbons (Fsp3) is 0.500. The molecule has 1 aliphatic heterocycles. The van der Waals surface area contributed by atoms with Crippen molar-refractivity contribution in [3.8, 4) is 0 Å². The third-order valence-electron chi connectivity index (χ3n) is 3.69. The van der Waals surface area contributed by atoms with Crippen molar-refractivity contribution < 1.29 is 9.59 Å². The second-order valence-corrected chi connectivity index (χ2v) is 6.69. The summed E-state index contributed by atoms with van der Waals surface area (Å²) in [5.41, 5.74) is 0.976. The molecule has 1 saturated heterocycles. The summed E-state index contributed by atoms with van der Waals surface area (Å²) in [7, 11) is 3.37. The van der Waals surface area contributed by atoms with Crippen LogP contribution in [0.25, 0.3) is 0 Å². The van der Waals surface area contributed by atoms with Crippen LogP contribution in [0.3, 0.4) is 0 Å². The molecule has 1 aliphatic rings. The van der Waals surface area contributed by atoms with Gasteiger partial charge in [0, 0.05) is 38.7 Å². The maximum absolute atomic E-state index is 12.6. The quantitative estimate of drug-likeness (QED) is 0.878. The van der Waals surface area contributed by atoms with Crippen LogP contribution in [0.2, 0.25) is 0 Å². The zero-order chi connectivity index (χ0) is 15.9. The predicted molar refractivity (Wildman–Crippen MR) is 89.8 cm³/mol. The molecule has 22 heavy (non-hydrogen) atoms. The largest absolute Gasteiger partial charge is 0.347 e. The van der Waals surface area contributed by atoms with E-state index in [0.717, 1.165) is 30.2 Å². The average Bonchev–Trinajstić information content (AvgIpc) is 2.54. The lowest BCUT2D eigenvalue weighted by Crippen LogP contribution is -2.46. The van der Waals surface area contributed by atoms with Crippen LogP contribution in [0.1, 0.15) is 11.6 Å². The SMILES string of the molecule is CN(C)C(=O)CNC(=O)[C@@H](c1ccccc1)N1CCSCC1. The first-order valence-electron chi connectivity index (χ1n) is 7.44. The molecule has 1 aromatic rings. The van der Waals surface area contributed by atoms with Gasteiger partial charge in [0.2, 0.25) is 11.8 Å². The molecule has 5 nitrogen and oxygen atoms in total. The van der Waals surface area contributed by atoms with Crippen LogP contribution in [-0.4, -0.2) is 66.8 Å². The van der Waals surface area contributed by atoms with Crippen LogP contribution in [0.5, 0.6) is 0 Å². The van der Waals surface area contributed by atoms with Crippen LogP contribution in [0.15, 0.2) is 30.3 Å². The van der Waals surface area contributed by atoms with Gasteiger partial charge in [-0.15, -0.1) is 0 Å². The first-order chi connectivity index (χ1) is 10.6. The maximum atomic E-state index is 12.6. The molecule has 1 N–H and O–H groups in total. The molecule has 0 radical (unpaired) electrons. The summed E-state index contributed by atoms with van der Waals surface area (Å²) in [6, 6.07) is 9.45. The fourth-order valence-electron chi connectivity index (χ4n) is 2.42. The highest BCUT2D eigenvalue weighted by atomic mass is 32.2. The number of thioether (sulfide) groups is 1. The highest BCUT2D eigenvalue weighted by molar-refractivity contribution is 7.99. The van der Waals surface area contributed by atoms with Gasteiger partial charge < -0.3 is 10.2 Å². The molecule has 0 unspecified atom stereocenters. The summed E-state index contributed by atoms with van der Waals surface area (Å²) < 4.78 is 0. The molecule has 0 saturated carbocycles. The normalized spacial score (nSPS) is 16.8. The van der Waals surface area contributed by atoms with E-state index in [4.69, 9.17) is 0 Å². The number of hydrogen-bond acceptors (Lipinski definition) is 4. The molecular formula is C16H23N3O2S. The van der Waals surface area contributed by atoms with E-state index in [9.17, 15) is 9.59 Å². The number of carbonyl (C=O) groups excluding carboxylic acids is 2. The predicted octanol–water partition coefficient (Wildman–Crippen LogP) is 0.981. The van der Waals surface area contributed by atoms with Gasteiger partial charge in [-0.25, -0.2) is 0 Å². The monoisotopic (exact) mass is 321 g/mol. The van der Waals surface area contributed by atoms with E-state index in [2.05, 4.69) is 10.2 Å². The molecule has 0 bridgehead atoms. The molecule has 0 spiro atoms. The number of carbonyl (C=O) groups is 2. The Morgan fingerprint density at radius 1 is 1.23 bits per heavy atom. The summed E-state index contributed by atoms with van der Waals surface area (Å²) in [4.78, 5) is 28.0. The molecule has 0 aliphatic carbocycles. The number of nitrogens with one attached hydrogen (secondary N) is 1. The highest BCUT2D eigenvalue weighted by Crippen LogP contribution is 2.24. The van der Waals surface area contributed by atoms with Crippen molar-refractivity contribution in [1.82, 2.24) is 15.1 Å². The van der Waals surface area contributed by atoms with Crippen molar-refractivity contribution >= 4 is 23.6 Å². The van der Waals surface area contributed by atoms with Gasteiger partial charge in [0.05, 0.1) is 6.54 Å². The van der Waals surface area contributed by atoms with Crippen molar-refractivity contribution in [2.45, 2.75) is 6.04 Å². The third kappa shape index (κ3) is 4.48. The maximum Gasteiger partial charge on any atom is 0.242 e. The van der Waals surface area contributed by atoms with Crippen LogP contribution in [0, 0.1) is 0 Å². The van der Waals surface area contributed by atoms with Crippen LogP contribution in [-0.2, 0) is 9.59 Å². The van der Waals surface area contributed by atoms with Crippen LogP contribution < -0.4 is 5.32 Å². The summed E-state index contributed by atoms with van der Waals surface area (Å²) in [6.07, 6.45) is 0. The van der Waals surface area contributed by atoms with E-state index in [1.807, 2.05) is 42.1 Å². The van der Waals surface area contributed by atoms with E-state index in [0.29, 0.717) is 0 Å². The Balaban J connectivity index is 2.10. The molecule has 6 heteroatoms. The molecule has 1 aromatic carbocycles. The Labute approximate surface area is 136 Å². The third-order valence-corrected chi connectivity index (χ3v) is 4.63. The standard InChI is InChI=1S/C16H23N3O2S/c1-18(2)14(20)12-17-16(21)15(13-6-4-3-5-7-13)19-8-10-22-11-9-19/h3-7,15H,8-12H2,1-2H3,(H,17,21)/t15-/m1/s1. The minimum Gasteiger partial charge on any atom is -0.347 e. The molecular weight excluding hydrogens is 298 g/mol. The summed E-state index contributed by atoms with van der Waals surface area (Å²) in [5, 5.41) is 2.78. The Morgan fingerprint density at radius 2 is 1.86 bits per heavy atom. The van der Waals surface area contributed by atoms with Gasteiger partial charge in [-0.1, -0.05) is 30.3 Å². The second kappa shape index (κ2) is 8.19. The fourth-order valence-corrected chi connectivity index (χ4v) is 3.35. The molecule has 120 valence electrons. The van der Waals surface area contributed by atoms with E-state index < -0.39 is 0 Å². The van der Waals surface area contributed by atoms with Crippen molar-refractivity contribution in [3.05, 3.63) is 35.9 Å². The van der Waals surface area contributed by atoms with Crippen molar-refractivity contribution in [2.24, 2.45) is 0 Å². The van der Waals surface area contributed by atoms with E-state index in [1.54, 1.807) is 14.1 Å². The Hall–Kier alpha value is -1.53. The topological polar surface area (TPSA) is 52.7 Å². The van der Waals surface area contributed by atoms with Gasteiger partial charge in [0.15, 0.2) is 0 Å². The minimum atomic E-state index is -0.322. The summed E-state index contributed by atoms with van der Waals surface area (Å²) >= 11 is 1.91. The Morgan fingerprint density at radius 3 is 2.45 bits per heavy atom. The van der Waals surface area contributed by atoms with Gasteiger partial charge in [-0.05, 0) is 5.56 Å². The van der Waals surface area contributed by atoms with E-state index in [-0.39, 0.29) is 24.4 Å². The van der Waals surface area contributed by atoms with Crippen LogP contribution >= 0.6 is 11.8 Å². The number of rotatable bonds is 5. The van der Waals surface area contributed by atoms with Gasteiger partial charge in [0.1, 0.15) is 6.04 Å². The van der Waals surface area contributed by atoms with Gasteiger partial charge in [-0.3, -0.25) is 14.5 Å². The van der Waals surface area contributed by atoms with Crippen molar-refractivity contribution in [2.75, 3.05) is 45.2 Å². The van der Waals surface area contributed by atoms with E-state index >= 15 is 0 Å². The zero-order valence-electron chi connectivity index (χ0n) is 13.1. The minimum absolute atomic E-state index is 0.0394. The lowest BCUT2D eigenvalue weighted by atomic mass is 10.0. The van der Waals surface area contributed by atoms with Gasteiger partial charge in [-0.2, -0.15) is 11.8 Å². The molecule has 2 amide bonds. The van der Waals surface area contributed by atoms with Crippen molar-refractivity contribution in [1.29, 1.82) is 0 Å². The second-order valence-electron chi connectivity index (χ2n) is 5.47. The average molecular weight is 321 g/mol. The highest BCUT2D eigenvalue weighted by Gasteiger charge is 2.28. The Kier molecular flexibility index (Phi) is 6.27. The molecule has 2 rings (SSSR count). The molecule has 0 aromatic heterocycles. The molecule has 1 heterocycles. The summed E-state index contributed by atoms with van der Waals surface area (Å²) in [6.45, 7) is 1.82. The first kappa shape index (κ1) is 16.8. The first-order valence-corrected chi connectivity index (χ1v) is 8.59. The number of benzene rings is 1. The van der Waals surface area contributed by atoms with Crippen LogP contribution in [0.4, 0.5) is 0 Å². The number of nitrogens with zero attached hydrogens (tertiary/aromatic N) is 2. The lowest BCUT2D eigenvalue weighted by molar-refractivity contribution is -0.133. The number of likely N-dealkylation sites (N-methyl/N-ethyl adjacent to an activating group) is 1. The molecule has 1 fully saturated rings. The number of hydrogen-bond donors (Lipinski definition) is 1. The zero-order valence-corrected chi connectivity index (χ0v) is 13.9. The van der Waals surface area contributed by atoms with Gasteiger partial charge in [0.25, 0.3) is 0 Å². The Bertz CT molecular complexity index is 501.